The molecule has 0 amide bonds. The third-order valence-corrected chi connectivity index (χ3v) is 4.62. The minimum atomic E-state index is -0.534. The van der Waals surface area contributed by atoms with Gasteiger partial charge in [-0.3, -0.25) is 0 Å². The van der Waals surface area contributed by atoms with Crippen LogP contribution in [0.15, 0.2) is 60.7 Å². The third kappa shape index (κ3) is 3.76. The Morgan fingerprint density at radius 1 is 1.00 bits per heavy atom. The molecule has 2 nitrogen and oxygen atoms in total. The summed E-state index contributed by atoms with van der Waals surface area (Å²) < 4.78 is 0. The van der Waals surface area contributed by atoms with Crippen LogP contribution in [0.3, 0.4) is 0 Å². The number of aliphatic hydroxyl groups is 1. The second-order valence-electron chi connectivity index (χ2n) is 6.71. The van der Waals surface area contributed by atoms with Gasteiger partial charge < -0.3 is 10.4 Å². The van der Waals surface area contributed by atoms with Gasteiger partial charge in [-0.15, -0.1) is 0 Å². The lowest BCUT2D eigenvalue weighted by Crippen LogP contribution is -2.43. The van der Waals surface area contributed by atoms with E-state index in [1.54, 1.807) is 0 Å². The van der Waals surface area contributed by atoms with Gasteiger partial charge in [0, 0.05) is 6.04 Å². The molecule has 22 heavy (non-hydrogen) atoms. The van der Waals surface area contributed by atoms with Gasteiger partial charge in [0.05, 0.1) is 11.6 Å². The lowest BCUT2D eigenvalue weighted by atomic mass is 9.82. The van der Waals surface area contributed by atoms with Crippen molar-refractivity contribution in [2.45, 2.75) is 50.3 Å². The van der Waals surface area contributed by atoms with E-state index in [0.29, 0.717) is 6.04 Å². The molecule has 2 aromatic carbocycles. The van der Waals surface area contributed by atoms with Crippen LogP contribution >= 0.6 is 0 Å². The lowest BCUT2D eigenvalue weighted by molar-refractivity contribution is 0.00900. The molecule has 2 N–H and O–H groups in total. The maximum Gasteiger partial charge on any atom is 0.0634 e. The molecule has 0 saturated heterocycles. The smallest absolute Gasteiger partial charge is 0.0634 e. The van der Waals surface area contributed by atoms with Gasteiger partial charge in [-0.1, -0.05) is 60.7 Å². The van der Waals surface area contributed by atoms with Gasteiger partial charge in [0.25, 0.3) is 0 Å². The Balaban J connectivity index is 1.83. The Kier molecular flexibility index (Phi) is 4.60. The van der Waals surface area contributed by atoms with E-state index in [4.69, 9.17) is 0 Å². The first-order chi connectivity index (χ1) is 10.6. The molecule has 1 fully saturated rings. The molecule has 2 heteroatoms. The van der Waals surface area contributed by atoms with Crippen molar-refractivity contribution in [1.29, 1.82) is 0 Å². The molecule has 0 bridgehead atoms. The monoisotopic (exact) mass is 295 g/mol. The molecule has 2 aromatic rings. The largest absolute Gasteiger partial charge is 0.390 e. The standard InChI is InChI=1S/C20H25NO/c1-20(22)14-8-13-18(15-20)21-19(16-9-4-2-5-10-16)17-11-6-3-7-12-17/h2-7,9-12,18-19,21-22H,8,13-15H2,1H3/t18-,20?/m1/s1. The van der Waals surface area contributed by atoms with Crippen LogP contribution < -0.4 is 5.32 Å². The average molecular weight is 295 g/mol. The molecule has 1 unspecified atom stereocenters. The predicted octanol–water partition coefficient (Wildman–Crippen LogP) is 4.06. The molecule has 1 aliphatic rings. The highest BCUT2D eigenvalue weighted by molar-refractivity contribution is 5.31. The van der Waals surface area contributed by atoms with E-state index in [-0.39, 0.29) is 6.04 Å². The van der Waals surface area contributed by atoms with Crippen molar-refractivity contribution in [1.82, 2.24) is 5.32 Å². The number of hydrogen-bond donors (Lipinski definition) is 2. The van der Waals surface area contributed by atoms with E-state index in [0.717, 1.165) is 25.7 Å². The zero-order valence-corrected chi connectivity index (χ0v) is 13.2. The highest BCUT2D eigenvalue weighted by atomic mass is 16.3. The normalized spacial score (nSPS) is 25.3. The van der Waals surface area contributed by atoms with Crippen LogP contribution in [0.25, 0.3) is 0 Å². The van der Waals surface area contributed by atoms with Crippen molar-refractivity contribution in [3.8, 4) is 0 Å². The molecule has 3 rings (SSSR count). The van der Waals surface area contributed by atoms with Gasteiger partial charge in [0.1, 0.15) is 0 Å². The first kappa shape index (κ1) is 15.3. The topological polar surface area (TPSA) is 32.3 Å². The molecule has 0 aliphatic heterocycles. The van der Waals surface area contributed by atoms with Gasteiger partial charge in [0.2, 0.25) is 0 Å². The zero-order valence-electron chi connectivity index (χ0n) is 13.2. The summed E-state index contributed by atoms with van der Waals surface area (Å²) >= 11 is 0. The van der Waals surface area contributed by atoms with Crippen LogP contribution in [0.4, 0.5) is 0 Å². The molecule has 1 saturated carbocycles. The summed E-state index contributed by atoms with van der Waals surface area (Å²) in [5, 5.41) is 14.1. The minimum absolute atomic E-state index is 0.182. The fourth-order valence-electron chi connectivity index (χ4n) is 3.52. The number of nitrogens with one attached hydrogen (secondary N) is 1. The quantitative estimate of drug-likeness (QED) is 0.891. The molecule has 0 spiro atoms. The van der Waals surface area contributed by atoms with Crippen molar-refractivity contribution >= 4 is 0 Å². The Hall–Kier alpha value is -1.64. The fraction of sp³-hybridized carbons (Fsp3) is 0.400. The van der Waals surface area contributed by atoms with E-state index in [1.165, 1.54) is 11.1 Å². The molecular formula is C20H25NO. The van der Waals surface area contributed by atoms with Crippen LogP contribution in [-0.4, -0.2) is 16.7 Å². The minimum Gasteiger partial charge on any atom is -0.390 e. The molecule has 1 aliphatic carbocycles. The maximum absolute atomic E-state index is 10.4. The van der Waals surface area contributed by atoms with Crippen molar-refractivity contribution < 1.29 is 5.11 Å². The van der Waals surface area contributed by atoms with Gasteiger partial charge >= 0.3 is 0 Å². The Morgan fingerprint density at radius 2 is 1.55 bits per heavy atom. The Morgan fingerprint density at radius 3 is 2.05 bits per heavy atom. The summed E-state index contributed by atoms with van der Waals surface area (Å²) in [5.74, 6) is 0. The summed E-state index contributed by atoms with van der Waals surface area (Å²) in [6.07, 6.45) is 3.95. The highest BCUT2D eigenvalue weighted by Crippen LogP contribution is 2.31. The van der Waals surface area contributed by atoms with Crippen LogP contribution in [-0.2, 0) is 0 Å². The van der Waals surface area contributed by atoms with Gasteiger partial charge in [-0.25, -0.2) is 0 Å². The molecular weight excluding hydrogens is 270 g/mol. The molecule has 0 radical (unpaired) electrons. The predicted molar refractivity (Wildman–Crippen MR) is 90.7 cm³/mol. The summed E-state index contributed by atoms with van der Waals surface area (Å²) in [5.41, 5.74) is 2.02. The van der Waals surface area contributed by atoms with Crippen molar-refractivity contribution in [3.05, 3.63) is 71.8 Å². The van der Waals surface area contributed by atoms with Gasteiger partial charge in [-0.2, -0.15) is 0 Å². The van der Waals surface area contributed by atoms with Crippen LogP contribution in [0, 0.1) is 0 Å². The lowest BCUT2D eigenvalue weighted by Gasteiger charge is -2.36. The maximum atomic E-state index is 10.4. The van der Waals surface area contributed by atoms with Crippen molar-refractivity contribution in [3.63, 3.8) is 0 Å². The van der Waals surface area contributed by atoms with Gasteiger partial charge in [-0.05, 0) is 43.7 Å². The van der Waals surface area contributed by atoms with Crippen LogP contribution in [0.2, 0.25) is 0 Å². The SMILES string of the molecule is CC1(O)CCC[C@@H](NC(c2ccccc2)c2ccccc2)C1. The summed E-state index contributed by atoms with van der Waals surface area (Å²) in [7, 11) is 0. The fourth-order valence-corrected chi connectivity index (χ4v) is 3.52. The van der Waals surface area contributed by atoms with E-state index in [1.807, 2.05) is 6.92 Å². The summed E-state index contributed by atoms with van der Waals surface area (Å²) in [4.78, 5) is 0. The Labute approximate surface area is 133 Å². The first-order valence-corrected chi connectivity index (χ1v) is 8.22. The highest BCUT2D eigenvalue weighted by Gasteiger charge is 2.31. The summed E-state index contributed by atoms with van der Waals surface area (Å²) in [6.45, 7) is 1.96. The summed E-state index contributed by atoms with van der Waals surface area (Å²) in [6, 6.07) is 21.7. The van der Waals surface area contributed by atoms with E-state index < -0.39 is 5.60 Å². The van der Waals surface area contributed by atoms with Crippen LogP contribution in [0.1, 0.15) is 49.8 Å². The molecule has 0 aromatic heterocycles. The molecule has 116 valence electrons. The first-order valence-electron chi connectivity index (χ1n) is 8.22. The van der Waals surface area contributed by atoms with Crippen LogP contribution in [0.5, 0.6) is 0 Å². The van der Waals surface area contributed by atoms with E-state index >= 15 is 0 Å². The molecule has 0 heterocycles. The van der Waals surface area contributed by atoms with Crippen molar-refractivity contribution in [2.75, 3.05) is 0 Å². The zero-order chi connectivity index (χ0) is 15.4. The average Bonchev–Trinajstić information content (AvgIpc) is 2.53. The Bertz CT molecular complexity index is 540. The second kappa shape index (κ2) is 6.64. The van der Waals surface area contributed by atoms with Gasteiger partial charge in [0.15, 0.2) is 0 Å². The van der Waals surface area contributed by atoms with E-state index in [9.17, 15) is 5.11 Å². The third-order valence-electron chi connectivity index (χ3n) is 4.62. The van der Waals surface area contributed by atoms with E-state index in [2.05, 4.69) is 66.0 Å². The molecule has 2 atom stereocenters. The van der Waals surface area contributed by atoms with Crippen molar-refractivity contribution in [2.24, 2.45) is 0 Å². The number of rotatable bonds is 4. The number of hydrogen-bond acceptors (Lipinski definition) is 2. The number of benzene rings is 2. The second-order valence-corrected chi connectivity index (χ2v) is 6.71.